The molecule has 0 spiro atoms. The molecule has 3 rings (SSSR count). The molecule has 116 valence electrons. The van der Waals surface area contributed by atoms with Crippen molar-refractivity contribution >= 4 is 34.3 Å². The van der Waals surface area contributed by atoms with Crippen LogP contribution in [0.25, 0.3) is 11.0 Å². The molecule has 2 aromatic rings. The summed E-state index contributed by atoms with van der Waals surface area (Å²) >= 11 is 6.12. The van der Waals surface area contributed by atoms with Gasteiger partial charge < -0.3 is 14.4 Å². The molecule has 1 aliphatic carbocycles. The highest BCUT2D eigenvalue weighted by Crippen LogP contribution is 2.49. The van der Waals surface area contributed by atoms with Gasteiger partial charge in [0.2, 0.25) is 0 Å². The molecule has 1 aliphatic rings. The van der Waals surface area contributed by atoms with E-state index in [0.717, 1.165) is 5.39 Å². The van der Waals surface area contributed by atoms with Crippen molar-refractivity contribution in [3.05, 3.63) is 35.0 Å². The number of nitrogens with zero attached hydrogens (tertiary/aromatic N) is 1. The number of aliphatic carboxylic acids is 1. The van der Waals surface area contributed by atoms with E-state index in [1.807, 2.05) is 19.0 Å². The van der Waals surface area contributed by atoms with Crippen LogP contribution in [-0.4, -0.2) is 42.4 Å². The minimum Gasteiger partial charge on any atom is -0.481 e. The Morgan fingerprint density at radius 3 is 2.68 bits per heavy atom. The summed E-state index contributed by atoms with van der Waals surface area (Å²) in [6.45, 7) is 0.578. The summed E-state index contributed by atoms with van der Waals surface area (Å²) in [5.41, 5.74) is 0.977. The molecule has 1 fully saturated rings. The number of carbonyl (C=O) groups excluding carboxylic acids is 1. The van der Waals surface area contributed by atoms with Gasteiger partial charge in [-0.2, -0.15) is 0 Å². The molecule has 1 aromatic heterocycles. The van der Waals surface area contributed by atoms with E-state index < -0.39 is 17.8 Å². The highest BCUT2D eigenvalue weighted by Gasteiger charge is 2.58. The Bertz CT molecular complexity index is 752. The molecule has 0 aliphatic heterocycles. The first-order chi connectivity index (χ1) is 10.4. The zero-order valence-corrected chi connectivity index (χ0v) is 13.0. The van der Waals surface area contributed by atoms with Crippen LogP contribution < -0.4 is 0 Å². The number of hydrogen-bond acceptors (Lipinski definition) is 4. The van der Waals surface area contributed by atoms with Gasteiger partial charge in [0.05, 0.1) is 17.2 Å². The van der Waals surface area contributed by atoms with Gasteiger partial charge in [0.15, 0.2) is 11.4 Å². The zero-order chi connectivity index (χ0) is 16.0. The number of Topliss-reactive ketones (excluding diaryl/α,β-unsaturated/α-hetero) is 1. The molecule has 1 unspecified atom stereocenters. The van der Waals surface area contributed by atoms with Gasteiger partial charge in [-0.05, 0) is 38.2 Å². The second-order valence-corrected chi connectivity index (χ2v) is 6.38. The van der Waals surface area contributed by atoms with E-state index >= 15 is 0 Å². The van der Waals surface area contributed by atoms with E-state index in [9.17, 15) is 14.7 Å². The first kappa shape index (κ1) is 15.1. The number of carboxylic acids is 1. The molecule has 0 bridgehead atoms. The Balaban J connectivity index is 1.90. The molecular formula is C16H16ClNO4. The number of carbonyl (C=O) groups is 2. The van der Waals surface area contributed by atoms with E-state index in [2.05, 4.69) is 0 Å². The van der Waals surface area contributed by atoms with Crippen LogP contribution >= 0.6 is 11.6 Å². The van der Waals surface area contributed by atoms with Crippen LogP contribution in [0, 0.1) is 17.8 Å². The summed E-state index contributed by atoms with van der Waals surface area (Å²) in [4.78, 5) is 25.9. The van der Waals surface area contributed by atoms with Crippen LogP contribution in [0.3, 0.4) is 0 Å². The first-order valence-electron chi connectivity index (χ1n) is 6.98. The Morgan fingerprint density at radius 2 is 2.05 bits per heavy atom. The lowest BCUT2D eigenvalue weighted by molar-refractivity contribution is -0.139. The quantitative estimate of drug-likeness (QED) is 0.857. The van der Waals surface area contributed by atoms with E-state index in [1.165, 1.54) is 6.26 Å². The van der Waals surface area contributed by atoms with Crippen molar-refractivity contribution < 1.29 is 19.1 Å². The Kier molecular flexibility index (Phi) is 3.70. The predicted octanol–water partition coefficient (Wildman–Crippen LogP) is 2.78. The summed E-state index contributed by atoms with van der Waals surface area (Å²) in [5.74, 6) is -2.34. The SMILES string of the molecule is CN(C)CC1[C@H](C(=O)O)[C@H]1C(=O)c1cc(Cl)c2occc2c1. The molecule has 1 saturated carbocycles. The van der Waals surface area contributed by atoms with E-state index in [-0.39, 0.29) is 11.7 Å². The third-order valence-electron chi connectivity index (χ3n) is 4.12. The van der Waals surface area contributed by atoms with E-state index in [4.69, 9.17) is 16.0 Å². The molecule has 22 heavy (non-hydrogen) atoms. The van der Waals surface area contributed by atoms with Gasteiger partial charge in [-0.25, -0.2) is 0 Å². The smallest absolute Gasteiger partial charge is 0.307 e. The largest absolute Gasteiger partial charge is 0.481 e. The van der Waals surface area contributed by atoms with Crippen molar-refractivity contribution in [2.45, 2.75) is 0 Å². The average molecular weight is 322 g/mol. The topological polar surface area (TPSA) is 70.8 Å². The molecular weight excluding hydrogens is 306 g/mol. The molecule has 3 atom stereocenters. The minimum atomic E-state index is -0.916. The monoisotopic (exact) mass is 321 g/mol. The third-order valence-corrected chi connectivity index (χ3v) is 4.40. The predicted molar refractivity (Wildman–Crippen MR) is 82.2 cm³/mol. The highest BCUT2D eigenvalue weighted by molar-refractivity contribution is 6.35. The fraction of sp³-hybridized carbons (Fsp3) is 0.375. The fourth-order valence-corrected chi connectivity index (χ4v) is 3.36. The van der Waals surface area contributed by atoms with Gasteiger partial charge in [-0.15, -0.1) is 0 Å². The summed E-state index contributed by atoms with van der Waals surface area (Å²) in [6.07, 6.45) is 1.51. The van der Waals surface area contributed by atoms with Crippen molar-refractivity contribution in [1.29, 1.82) is 0 Å². The number of halogens is 1. The summed E-state index contributed by atoms with van der Waals surface area (Å²) in [5, 5.41) is 10.4. The van der Waals surface area contributed by atoms with Crippen LogP contribution in [0.4, 0.5) is 0 Å². The van der Waals surface area contributed by atoms with Crippen LogP contribution in [0.5, 0.6) is 0 Å². The molecule has 0 saturated heterocycles. The van der Waals surface area contributed by atoms with Crippen LogP contribution in [-0.2, 0) is 4.79 Å². The molecule has 0 amide bonds. The van der Waals surface area contributed by atoms with Gasteiger partial charge in [0.25, 0.3) is 0 Å². The summed E-state index contributed by atoms with van der Waals surface area (Å²) < 4.78 is 5.25. The van der Waals surface area contributed by atoms with Crippen molar-refractivity contribution in [2.75, 3.05) is 20.6 Å². The van der Waals surface area contributed by atoms with Crippen molar-refractivity contribution in [1.82, 2.24) is 4.90 Å². The Morgan fingerprint density at radius 1 is 1.32 bits per heavy atom. The minimum absolute atomic E-state index is 0.154. The summed E-state index contributed by atoms with van der Waals surface area (Å²) in [6, 6.07) is 4.99. The van der Waals surface area contributed by atoms with Crippen molar-refractivity contribution in [3.63, 3.8) is 0 Å². The number of ketones is 1. The molecule has 0 radical (unpaired) electrons. The molecule has 1 N–H and O–H groups in total. The van der Waals surface area contributed by atoms with Crippen LogP contribution in [0.2, 0.25) is 5.02 Å². The number of fused-ring (bicyclic) bond motifs is 1. The van der Waals surface area contributed by atoms with Crippen LogP contribution in [0.1, 0.15) is 10.4 Å². The van der Waals surface area contributed by atoms with Gasteiger partial charge in [0.1, 0.15) is 0 Å². The van der Waals surface area contributed by atoms with Gasteiger partial charge >= 0.3 is 5.97 Å². The van der Waals surface area contributed by atoms with E-state index in [1.54, 1.807) is 18.2 Å². The number of carboxylic acid groups (broad SMARTS) is 1. The first-order valence-corrected chi connectivity index (χ1v) is 7.36. The lowest BCUT2D eigenvalue weighted by atomic mass is 10.0. The molecule has 1 aromatic carbocycles. The molecule has 5 nitrogen and oxygen atoms in total. The zero-order valence-electron chi connectivity index (χ0n) is 12.2. The molecule has 6 heteroatoms. The lowest BCUT2D eigenvalue weighted by Gasteiger charge is -2.08. The number of rotatable bonds is 5. The maximum absolute atomic E-state index is 12.7. The van der Waals surface area contributed by atoms with Gasteiger partial charge in [0, 0.05) is 23.4 Å². The number of hydrogen-bond donors (Lipinski definition) is 1. The fourth-order valence-electron chi connectivity index (χ4n) is 3.09. The lowest BCUT2D eigenvalue weighted by Crippen LogP contribution is -2.17. The summed E-state index contributed by atoms with van der Waals surface area (Å²) in [7, 11) is 3.74. The Hall–Kier alpha value is -1.85. The number of furan rings is 1. The normalized spacial score (nSPS) is 23.9. The van der Waals surface area contributed by atoms with Gasteiger partial charge in [-0.1, -0.05) is 11.6 Å². The van der Waals surface area contributed by atoms with Crippen LogP contribution in [0.15, 0.2) is 28.9 Å². The second kappa shape index (κ2) is 5.41. The number of benzene rings is 1. The standard InChI is InChI=1S/C16H16ClNO4/c1-18(2)7-10-12(13(10)16(20)21)14(19)9-5-8-3-4-22-15(8)11(17)6-9/h3-6,10,12-13H,7H2,1-2H3,(H,20,21)/t10?,12-,13-/m0/s1. The average Bonchev–Trinajstić information content (AvgIpc) is 2.92. The maximum atomic E-state index is 12.7. The maximum Gasteiger partial charge on any atom is 0.307 e. The highest BCUT2D eigenvalue weighted by atomic mass is 35.5. The molecule has 1 heterocycles. The van der Waals surface area contributed by atoms with Gasteiger partial charge in [-0.3, -0.25) is 9.59 Å². The second-order valence-electron chi connectivity index (χ2n) is 5.98. The third kappa shape index (κ3) is 2.51. The van der Waals surface area contributed by atoms with E-state index in [0.29, 0.717) is 22.7 Å². The Labute approximate surface area is 132 Å². The van der Waals surface area contributed by atoms with Crippen molar-refractivity contribution in [3.8, 4) is 0 Å². The van der Waals surface area contributed by atoms with Crippen molar-refractivity contribution in [2.24, 2.45) is 17.8 Å².